The fraction of sp³-hybridized carbons (Fsp3) is 0.875. The molecule has 0 atom stereocenters. The van der Waals surface area contributed by atoms with Crippen molar-refractivity contribution in [2.75, 3.05) is 26.4 Å². The Labute approximate surface area is 62.5 Å². The lowest BCUT2D eigenvalue weighted by atomic mass is 9.84. The number of rotatable bonds is 4. The molecule has 0 amide bonds. The van der Waals surface area contributed by atoms with Crippen molar-refractivity contribution >= 4 is 0 Å². The first-order valence-corrected chi connectivity index (χ1v) is 3.78. The number of hydrogen-bond donors (Lipinski definition) is 0. The van der Waals surface area contributed by atoms with Gasteiger partial charge in [-0.3, -0.25) is 0 Å². The Morgan fingerprint density at radius 3 is 2.60 bits per heavy atom. The van der Waals surface area contributed by atoms with Crippen LogP contribution in [0.3, 0.4) is 0 Å². The molecule has 1 heterocycles. The Bertz CT molecular complexity index is 91.9. The molecule has 0 aromatic carbocycles. The minimum absolute atomic E-state index is 0.331. The van der Waals surface area contributed by atoms with Gasteiger partial charge in [-0.1, -0.05) is 6.92 Å². The van der Waals surface area contributed by atoms with E-state index in [9.17, 15) is 0 Å². The molecule has 59 valence electrons. The highest BCUT2D eigenvalue weighted by Crippen LogP contribution is 2.31. The first-order chi connectivity index (χ1) is 4.83. The highest BCUT2D eigenvalue weighted by atomic mass is 16.5. The maximum Gasteiger partial charge on any atom is 0.0566 e. The van der Waals surface area contributed by atoms with Crippen LogP contribution in [0.1, 0.15) is 13.3 Å². The van der Waals surface area contributed by atoms with Crippen molar-refractivity contribution in [1.29, 1.82) is 0 Å². The summed E-state index contributed by atoms with van der Waals surface area (Å²) in [6, 6.07) is 0. The Kier molecular flexibility index (Phi) is 2.69. The van der Waals surface area contributed by atoms with Crippen LogP contribution in [0.2, 0.25) is 0 Å². The zero-order chi connectivity index (χ0) is 7.45. The van der Waals surface area contributed by atoms with Gasteiger partial charge in [0.15, 0.2) is 0 Å². The predicted octanol–water partition coefficient (Wildman–Crippen LogP) is 1.26. The Balaban J connectivity index is 2.20. The second-order valence-corrected chi connectivity index (χ2v) is 2.90. The monoisotopic (exact) mass is 143 g/mol. The van der Waals surface area contributed by atoms with Gasteiger partial charge in [-0.25, -0.2) is 0 Å². The fourth-order valence-electron chi connectivity index (χ4n) is 1.07. The molecule has 0 bridgehead atoms. The molecule has 0 aromatic rings. The van der Waals surface area contributed by atoms with Crippen LogP contribution in [-0.4, -0.2) is 26.4 Å². The van der Waals surface area contributed by atoms with E-state index in [2.05, 4.69) is 13.8 Å². The van der Waals surface area contributed by atoms with Gasteiger partial charge in [0.1, 0.15) is 0 Å². The molecule has 0 unspecified atom stereocenters. The molecule has 1 saturated heterocycles. The summed E-state index contributed by atoms with van der Waals surface area (Å²) in [7, 11) is 0. The molecule has 0 aliphatic carbocycles. The lowest BCUT2D eigenvalue weighted by molar-refractivity contribution is -0.147. The largest absolute Gasteiger partial charge is 0.381 e. The Morgan fingerprint density at radius 2 is 2.30 bits per heavy atom. The maximum atomic E-state index is 5.24. The third-order valence-electron chi connectivity index (χ3n) is 2.12. The van der Waals surface area contributed by atoms with Gasteiger partial charge in [0.2, 0.25) is 0 Å². The minimum atomic E-state index is 0.331. The van der Waals surface area contributed by atoms with Gasteiger partial charge >= 0.3 is 0 Å². The van der Waals surface area contributed by atoms with Crippen molar-refractivity contribution in [1.82, 2.24) is 0 Å². The molecule has 1 radical (unpaired) electrons. The molecule has 0 saturated carbocycles. The highest BCUT2D eigenvalue weighted by Gasteiger charge is 2.36. The number of hydrogen-bond acceptors (Lipinski definition) is 2. The molecule has 0 N–H and O–H groups in total. The third-order valence-corrected chi connectivity index (χ3v) is 2.12. The third kappa shape index (κ3) is 1.50. The van der Waals surface area contributed by atoms with E-state index in [4.69, 9.17) is 9.47 Å². The lowest BCUT2D eigenvalue weighted by Crippen LogP contribution is -2.45. The molecule has 1 fully saturated rings. The van der Waals surface area contributed by atoms with Gasteiger partial charge in [0.25, 0.3) is 0 Å². The molecule has 0 spiro atoms. The average molecular weight is 143 g/mol. The summed E-state index contributed by atoms with van der Waals surface area (Å²) in [6.07, 6.45) is 1.15. The van der Waals surface area contributed by atoms with Gasteiger partial charge in [0, 0.05) is 12.0 Å². The summed E-state index contributed by atoms with van der Waals surface area (Å²) in [5, 5.41) is 0. The van der Waals surface area contributed by atoms with Crippen molar-refractivity contribution in [3.05, 3.63) is 6.92 Å². The van der Waals surface area contributed by atoms with Crippen molar-refractivity contribution in [2.24, 2.45) is 5.41 Å². The van der Waals surface area contributed by atoms with E-state index >= 15 is 0 Å². The SMILES string of the molecule is [CH2]COCC1(CC)COC1. The summed E-state index contributed by atoms with van der Waals surface area (Å²) < 4.78 is 10.4. The summed E-state index contributed by atoms with van der Waals surface area (Å²) in [5.74, 6) is 0. The van der Waals surface area contributed by atoms with Crippen LogP contribution in [0, 0.1) is 12.3 Å². The van der Waals surface area contributed by atoms with E-state index in [-0.39, 0.29) is 0 Å². The standard InChI is InChI=1S/C8H15O2/c1-3-8(5-9-4-2)6-10-7-8/h2-7H2,1H3. The van der Waals surface area contributed by atoms with Crippen LogP contribution in [0.5, 0.6) is 0 Å². The van der Waals surface area contributed by atoms with Gasteiger partial charge < -0.3 is 9.47 Å². The van der Waals surface area contributed by atoms with Crippen molar-refractivity contribution in [2.45, 2.75) is 13.3 Å². The van der Waals surface area contributed by atoms with Crippen molar-refractivity contribution in [3.63, 3.8) is 0 Å². The fourth-order valence-corrected chi connectivity index (χ4v) is 1.07. The molecule has 1 aliphatic heterocycles. The first-order valence-electron chi connectivity index (χ1n) is 3.78. The van der Waals surface area contributed by atoms with Gasteiger partial charge in [-0.2, -0.15) is 0 Å². The molecule has 2 heteroatoms. The second kappa shape index (κ2) is 3.35. The molecule has 2 nitrogen and oxygen atoms in total. The van der Waals surface area contributed by atoms with Crippen LogP contribution in [-0.2, 0) is 9.47 Å². The summed E-state index contributed by atoms with van der Waals surface area (Å²) in [5.41, 5.74) is 0.331. The van der Waals surface area contributed by atoms with Crippen LogP contribution in [0.25, 0.3) is 0 Å². The van der Waals surface area contributed by atoms with Crippen LogP contribution >= 0.6 is 0 Å². The predicted molar refractivity (Wildman–Crippen MR) is 39.7 cm³/mol. The van der Waals surface area contributed by atoms with Crippen LogP contribution in [0.15, 0.2) is 0 Å². The van der Waals surface area contributed by atoms with Gasteiger partial charge in [0.05, 0.1) is 19.8 Å². The number of ether oxygens (including phenoxy) is 2. The van der Waals surface area contributed by atoms with Gasteiger partial charge in [-0.05, 0) is 13.3 Å². The molecular formula is C8H15O2. The molecular weight excluding hydrogens is 128 g/mol. The average Bonchev–Trinajstić information content (AvgIpc) is 1.87. The van der Waals surface area contributed by atoms with Gasteiger partial charge in [-0.15, -0.1) is 0 Å². The van der Waals surface area contributed by atoms with E-state index in [0.29, 0.717) is 12.0 Å². The second-order valence-electron chi connectivity index (χ2n) is 2.90. The molecule has 10 heavy (non-hydrogen) atoms. The summed E-state index contributed by atoms with van der Waals surface area (Å²) in [4.78, 5) is 0. The van der Waals surface area contributed by atoms with Crippen LogP contribution < -0.4 is 0 Å². The highest BCUT2D eigenvalue weighted by molar-refractivity contribution is 4.83. The topological polar surface area (TPSA) is 18.5 Å². The molecule has 1 aliphatic rings. The molecule has 0 aromatic heterocycles. The smallest absolute Gasteiger partial charge is 0.0566 e. The first kappa shape index (κ1) is 8.02. The van der Waals surface area contributed by atoms with E-state index in [1.165, 1.54) is 0 Å². The Morgan fingerprint density at radius 1 is 1.60 bits per heavy atom. The normalized spacial score (nSPS) is 22.2. The lowest BCUT2D eigenvalue weighted by Gasteiger charge is -2.40. The Hall–Kier alpha value is -0.0800. The quantitative estimate of drug-likeness (QED) is 0.590. The van der Waals surface area contributed by atoms with E-state index in [1.54, 1.807) is 0 Å². The summed E-state index contributed by atoms with van der Waals surface area (Å²) >= 11 is 0. The van der Waals surface area contributed by atoms with E-state index in [0.717, 1.165) is 26.2 Å². The van der Waals surface area contributed by atoms with E-state index in [1.807, 2.05) is 0 Å². The van der Waals surface area contributed by atoms with E-state index < -0.39 is 0 Å². The zero-order valence-electron chi connectivity index (χ0n) is 6.56. The van der Waals surface area contributed by atoms with Crippen molar-refractivity contribution in [3.8, 4) is 0 Å². The van der Waals surface area contributed by atoms with Crippen LogP contribution in [0.4, 0.5) is 0 Å². The zero-order valence-corrected chi connectivity index (χ0v) is 6.56. The summed E-state index contributed by atoms with van der Waals surface area (Å²) in [6.45, 7) is 8.91. The molecule has 1 rings (SSSR count). The van der Waals surface area contributed by atoms with Crippen molar-refractivity contribution < 1.29 is 9.47 Å². The maximum absolute atomic E-state index is 5.24. The minimum Gasteiger partial charge on any atom is -0.381 e.